The van der Waals surface area contributed by atoms with E-state index in [0.29, 0.717) is 6.42 Å². The average Bonchev–Trinajstić information content (AvgIpc) is 2.39. The Kier molecular flexibility index (Phi) is 5.79. The van der Waals surface area contributed by atoms with Crippen molar-refractivity contribution in [2.75, 3.05) is 10.9 Å². The van der Waals surface area contributed by atoms with Gasteiger partial charge < -0.3 is 0 Å². The number of nitrogens with zero attached hydrogens (tertiary/aromatic N) is 1. The van der Waals surface area contributed by atoms with Gasteiger partial charge in [0.05, 0.1) is 0 Å². The quantitative estimate of drug-likeness (QED) is 0.591. The van der Waals surface area contributed by atoms with E-state index in [2.05, 4.69) is 0 Å². The molecule has 0 saturated carbocycles. The van der Waals surface area contributed by atoms with Crippen LogP contribution in [0.25, 0.3) is 0 Å². The summed E-state index contributed by atoms with van der Waals surface area (Å²) in [5, 5.41) is -0.515. The highest BCUT2D eigenvalue weighted by molar-refractivity contribution is 6.34. The first-order chi connectivity index (χ1) is 8.15. The van der Waals surface area contributed by atoms with Crippen molar-refractivity contribution in [3.8, 4) is 0 Å². The van der Waals surface area contributed by atoms with Gasteiger partial charge in [-0.25, -0.2) is 0 Å². The molecule has 2 nitrogen and oxygen atoms in total. The van der Waals surface area contributed by atoms with Crippen LogP contribution in [0.2, 0.25) is 0 Å². The second-order valence-corrected chi connectivity index (χ2v) is 4.51. The van der Waals surface area contributed by atoms with E-state index < -0.39 is 5.38 Å². The summed E-state index contributed by atoms with van der Waals surface area (Å²) in [7, 11) is 0. The van der Waals surface area contributed by atoms with E-state index in [-0.39, 0.29) is 11.9 Å². The first-order valence-corrected chi connectivity index (χ1v) is 6.72. The minimum Gasteiger partial charge on any atom is -0.297 e. The molecule has 1 rings (SSSR count). The summed E-state index contributed by atoms with van der Waals surface area (Å²) in [6.07, 6.45) is 1.46. The van der Waals surface area contributed by atoms with Gasteiger partial charge in [0.15, 0.2) is 0 Å². The molecule has 0 bridgehead atoms. The number of anilines is 1. The van der Waals surface area contributed by atoms with Crippen LogP contribution in [0.3, 0.4) is 0 Å². The van der Waals surface area contributed by atoms with Gasteiger partial charge in [-0.2, -0.15) is 0 Å². The third-order valence-corrected chi connectivity index (χ3v) is 3.41. The van der Waals surface area contributed by atoms with Gasteiger partial charge >= 0.3 is 0 Å². The maximum atomic E-state index is 12.1. The predicted octanol–water partition coefficient (Wildman–Crippen LogP) is 3.80. The highest BCUT2D eigenvalue weighted by atomic mass is 35.5. The molecule has 0 saturated heterocycles. The Morgan fingerprint density at radius 2 is 2.00 bits per heavy atom. The Labute approximate surface area is 113 Å². The fraction of sp³-hybridized carbons (Fsp3) is 0.462. The zero-order chi connectivity index (χ0) is 12.8. The first kappa shape index (κ1) is 14.3. The number of carbonyl (C=O) groups is 1. The molecular weight excluding hydrogens is 257 g/mol. The number of rotatable bonds is 5. The zero-order valence-corrected chi connectivity index (χ0v) is 11.6. The molecule has 94 valence electrons. The van der Waals surface area contributed by atoms with Gasteiger partial charge in [-0.15, -0.1) is 23.2 Å². The van der Waals surface area contributed by atoms with Crippen LogP contribution in [0.5, 0.6) is 0 Å². The second kappa shape index (κ2) is 6.87. The molecule has 0 spiro atoms. The standard InChI is InChI=1S/C13H17Cl2NO/c1-3-10-7-5-6-8-12(10)16(9-14)13(17)11(15)4-2/h5-8,11H,3-4,9H2,1-2H3. The third kappa shape index (κ3) is 3.36. The molecule has 0 heterocycles. The summed E-state index contributed by atoms with van der Waals surface area (Å²) in [6.45, 7) is 3.93. The van der Waals surface area contributed by atoms with Crippen LogP contribution < -0.4 is 4.90 Å². The van der Waals surface area contributed by atoms with Crippen molar-refractivity contribution in [2.45, 2.75) is 32.1 Å². The molecule has 1 aromatic rings. The maximum absolute atomic E-state index is 12.1. The number of benzene rings is 1. The van der Waals surface area contributed by atoms with Crippen molar-refractivity contribution in [3.05, 3.63) is 29.8 Å². The van der Waals surface area contributed by atoms with Crippen LogP contribution in [-0.4, -0.2) is 17.3 Å². The molecule has 1 aromatic carbocycles. The van der Waals surface area contributed by atoms with E-state index in [0.717, 1.165) is 17.7 Å². The number of para-hydroxylation sites is 1. The lowest BCUT2D eigenvalue weighted by Gasteiger charge is -2.24. The Balaban J connectivity index is 3.05. The molecule has 0 aromatic heterocycles. The minimum atomic E-state index is -0.515. The van der Waals surface area contributed by atoms with Crippen molar-refractivity contribution in [1.82, 2.24) is 0 Å². The van der Waals surface area contributed by atoms with Crippen molar-refractivity contribution < 1.29 is 4.79 Å². The summed E-state index contributed by atoms with van der Waals surface area (Å²) in [5.41, 5.74) is 1.95. The number of hydrogen-bond donors (Lipinski definition) is 0. The van der Waals surface area contributed by atoms with Crippen molar-refractivity contribution in [3.63, 3.8) is 0 Å². The van der Waals surface area contributed by atoms with Crippen LogP contribution >= 0.6 is 23.2 Å². The SMILES string of the molecule is CCc1ccccc1N(CCl)C(=O)C(Cl)CC. The molecule has 4 heteroatoms. The predicted molar refractivity (Wildman–Crippen MR) is 74.0 cm³/mol. The Morgan fingerprint density at radius 3 is 2.53 bits per heavy atom. The number of hydrogen-bond acceptors (Lipinski definition) is 1. The van der Waals surface area contributed by atoms with Crippen LogP contribution in [0.15, 0.2) is 24.3 Å². The number of amides is 1. The highest BCUT2D eigenvalue weighted by Crippen LogP contribution is 2.23. The molecule has 17 heavy (non-hydrogen) atoms. The molecule has 0 radical (unpaired) electrons. The molecule has 0 fully saturated rings. The van der Waals surface area contributed by atoms with Gasteiger partial charge in [-0.05, 0) is 24.5 Å². The van der Waals surface area contributed by atoms with E-state index in [9.17, 15) is 4.79 Å². The first-order valence-electron chi connectivity index (χ1n) is 5.75. The molecule has 0 aliphatic rings. The Morgan fingerprint density at radius 1 is 1.35 bits per heavy atom. The van der Waals surface area contributed by atoms with Crippen LogP contribution in [0, 0.1) is 0 Å². The van der Waals surface area contributed by atoms with E-state index in [4.69, 9.17) is 23.2 Å². The van der Waals surface area contributed by atoms with Gasteiger partial charge in [-0.3, -0.25) is 9.69 Å². The van der Waals surface area contributed by atoms with E-state index in [1.54, 1.807) is 4.90 Å². The third-order valence-electron chi connectivity index (χ3n) is 2.68. The summed E-state index contributed by atoms with van der Waals surface area (Å²) in [6, 6.07) is 7.88. The smallest absolute Gasteiger partial charge is 0.246 e. The molecule has 1 atom stereocenters. The van der Waals surface area contributed by atoms with Crippen molar-refractivity contribution in [2.24, 2.45) is 0 Å². The molecule has 0 aliphatic heterocycles. The molecule has 0 N–H and O–H groups in total. The largest absolute Gasteiger partial charge is 0.297 e. The molecular formula is C13H17Cl2NO. The van der Waals surface area contributed by atoms with Gasteiger partial charge in [0.1, 0.15) is 11.4 Å². The lowest BCUT2D eigenvalue weighted by atomic mass is 10.1. The lowest BCUT2D eigenvalue weighted by Crippen LogP contribution is -2.36. The molecule has 1 unspecified atom stereocenters. The molecule has 1 amide bonds. The van der Waals surface area contributed by atoms with Gasteiger partial charge in [0, 0.05) is 5.69 Å². The van der Waals surface area contributed by atoms with Crippen LogP contribution in [-0.2, 0) is 11.2 Å². The number of alkyl halides is 2. The van der Waals surface area contributed by atoms with Gasteiger partial charge in [0.2, 0.25) is 5.91 Å². The monoisotopic (exact) mass is 273 g/mol. The normalized spacial score (nSPS) is 12.2. The maximum Gasteiger partial charge on any atom is 0.246 e. The van der Waals surface area contributed by atoms with Crippen molar-refractivity contribution in [1.29, 1.82) is 0 Å². The Bertz CT molecular complexity index is 381. The van der Waals surface area contributed by atoms with E-state index in [1.165, 1.54) is 0 Å². The summed E-state index contributed by atoms with van der Waals surface area (Å²) >= 11 is 11.9. The van der Waals surface area contributed by atoms with Gasteiger partial charge in [0.25, 0.3) is 0 Å². The fourth-order valence-electron chi connectivity index (χ4n) is 1.66. The second-order valence-electron chi connectivity index (χ2n) is 3.74. The van der Waals surface area contributed by atoms with Crippen LogP contribution in [0.1, 0.15) is 25.8 Å². The number of carbonyl (C=O) groups excluding carboxylic acids is 1. The van der Waals surface area contributed by atoms with Crippen molar-refractivity contribution >= 4 is 34.8 Å². The zero-order valence-electron chi connectivity index (χ0n) is 10.1. The van der Waals surface area contributed by atoms with Gasteiger partial charge in [-0.1, -0.05) is 32.0 Å². The van der Waals surface area contributed by atoms with E-state index in [1.807, 2.05) is 38.1 Å². The summed E-state index contributed by atoms with van der Waals surface area (Å²) in [5.74, 6) is -0.134. The average molecular weight is 274 g/mol. The minimum absolute atomic E-state index is 0.124. The van der Waals surface area contributed by atoms with Crippen LogP contribution in [0.4, 0.5) is 5.69 Å². The summed E-state index contributed by atoms with van der Waals surface area (Å²) < 4.78 is 0. The molecule has 0 aliphatic carbocycles. The Hall–Kier alpha value is -0.730. The number of halogens is 2. The lowest BCUT2D eigenvalue weighted by molar-refractivity contribution is -0.118. The summed E-state index contributed by atoms with van der Waals surface area (Å²) in [4.78, 5) is 13.6. The topological polar surface area (TPSA) is 20.3 Å². The number of aryl methyl sites for hydroxylation is 1. The van der Waals surface area contributed by atoms with E-state index >= 15 is 0 Å². The highest BCUT2D eigenvalue weighted by Gasteiger charge is 2.22. The fourth-order valence-corrected chi connectivity index (χ4v) is 2.02.